The van der Waals surface area contributed by atoms with Crippen molar-refractivity contribution in [3.63, 3.8) is 0 Å². The van der Waals surface area contributed by atoms with Gasteiger partial charge in [0.25, 0.3) is 0 Å². The average Bonchev–Trinajstić information content (AvgIpc) is 2.24. The van der Waals surface area contributed by atoms with Crippen LogP contribution in [0, 0.1) is 0 Å². The van der Waals surface area contributed by atoms with Crippen molar-refractivity contribution in [2.24, 2.45) is 5.73 Å². The summed E-state index contributed by atoms with van der Waals surface area (Å²) in [5.74, 6) is 0. The Morgan fingerprint density at radius 2 is 1.25 bits per heavy atom. The molecular weight excluding hydrogens is 313 g/mol. The van der Waals surface area contributed by atoms with E-state index >= 15 is 0 Å². The fourth-order valence-electron chi connectivity index (χ4n) is 0.269. The monoisotopic (exact) mass is 333 g/mol. The summed E-state index contributed by atoms with van der Waals surface area (Å²) in [4.78, 5) is 0. The number of rotatable bonds is 3. The van der Waals surface area contributed by atoms with Crippen LogP contribution in [-0.4, -0.2) is 47.8 Å². The molecule has 0 fully saturated rings. The van der Waals surface area contributed by atoms with Gasteiger partial charge < -0.3 is 37.9 Å². The third-order valence-corrected chi connectivity index (χ3v) is 1.64. The van der Waals surface area contributed by atoms with Gasteiger partial charge in [0.1, 0.15) is 0 Å². The van der Waals surface area contributed by atoms with Crippen molar-refractivity contribution in [2.45, 2.75) is 17.3 Å². The molecule has 0 aromatic carbocycles. The zero-order valence-electron chi connectivity index (χ0n) is 8.13. The van der Waals surface area contributed by atoms with E-state index in [0.29, 0.717) is 0 Å². The van der Waals surface area contributed by atoms with Gasteiger partial charge in [0, 0.05) is 0 Å². The first-order valence-corrected chi connectivity index (χ1v) is 7.95. The molecule has 0 aliphatic rings. The molecule has 12 heavy (non-hydrogen) atoms. The Labute approximate surface area is 108 Å². The third kappa shape index (κ3) is 59.7. The summed E-state index contributed by atoms with van der Waals surface area (Å²) in [6.45, 7) is 0.869. The van der Waals surface area contributed by atoms with E-state index in [2.05, 4.69) is 37.9 Å². The molecule has 0 aromatic rings. The second kappa shape index (κ2) is 52.9. The van der Waals surface area contributed by atoms with Gasteiger partial charge in [0.05, 0.1) is 0 Å². The zero-order chi connectivity index (χ0) is 10.8. The molecule has 0 saturated heterocycles. The molecule has 0 unspecified atom stereocenters. The quantitative estimate of drug-likeness (QED) is 0.470. The summed E-state index contributed by atoms with van der Waals surface area (Å²) in [5, 5.41) is 0. The Morgan fingerprint density at radius 3 is 1.33 bits per heavy atom. The Bertz CT molecular complexity index is 30.6. The molecule has 0 spiro atoms. The van der Waals surface area contributed by atoms with Crippen LogP contribution in [0.15, 0.2) is 0 Å². The van der Waals surface area contributed by atoms with Gasteiger partial charge in [-0.05, 0) is 0 Å². The Balaban J connectivity index is -0.0000000453. The van der Waals surface area contributed by atoms with Gasteiger partial charge in [-0.3, -0.25) is 0 Å². The molecule has 0 aliphatic heterocycles. The summed E-state index contributed by atoms with van der Waals surface area (Å²) >= 11 is 13.9. The van der Waals surface area contributed by atoms with Crippen molar-refractivity contribution in [1.82, 2.24) is 0 Å². The maximum absolute atomic E-state index is 5.22. The normalized spacial score (nSPS) is 6.08. The molecule has 0 saturated carbocycles. The van der Waals surface area contributed by atoms with Gasteiger partial charge in [-0.25, -0.2) is 0 Å². The Morgan fingerprint density at radius 1 is 0.917 bits per heavy atom. The predicted octanol–water partition coefficient (Wildman–Crippen LogP) is 0.801. The summed E-state index contributed by atoms with van der Waals surface area (Å²) < 4.78 is 1.36. The van der Waals surface area contributed by atoms with Crippen LogP contribution in [0.5, 0.6) is 0 Å². The molecule has 0 bridgehead atoms. The van der Waals surface area contributed by atoms with E-state index in [-0.39, 0.29) is 0 Å². The molecule has 0 aliphatic carbocycles. The molecule has 5 heteroatoms. The van der Waals surface area contributed by atoms with E-state index in [4.69, 9.17) is 5.73 Å². The number of unbranched alkanes of at least 4 members (excludes halogenated alkanes) is 1. The van der Waals surface area contributed by atoms with Crippen LogP contribution in [0.3, 0.4) is 0 Å². The van der Waals surface area contributed by atoms with E-state index < -0.39 is 0 Å². The van der Waals surface area contributed by atoms with Gasteiger partial charge in [-0.2, -0.15) is 18.8 Å². The van der Waals surface area contributed by atoms with Crippen LogP contribution in [0.1, 0.15) is 12.8 Å². The van der Waals surface area contributed by atoms with E-state index in [9.17, 15) is 0 Å². The van der Waals surface area contributed by atoms with Gasteiger partial charge in [-0.1, -0.05) is 0 Å². The van der Waals surface area contributed by atoms with Crippen LogP contribution in [0.25, 0.3) is 0 Å². The predicted molar refractivity (Wildman–Crippen MR) is 68.7 cm³/mol. The standard InChI is InChI=1S/C4H10N.3CH4S.Sn/c1-2-3-4-5;3*1-2;/h1-5H2;3*2H,1H3;/q;;;;+3/p-3. The van der Waals surface area contributed by atoms with Crippen molar-refractivity contribution < 1.29 is 0 Å². The van der Waals surface area contributed by atoms with E-state index in [0.717, 1.165) is 6.54 Å². The summed E-state index contributed by atoms with van der Waals surface area (Å²) in [6, 6.07) is 0. The van der Waals surface area contributed by atoms with E-state index in [1.165, 1.54) is 17.3 Å². The van der Waals surface area contributed by atoms with Crippen LogP contribution in [0.2, 0.25) is 4.44 Å². The number of hydrogen-bond donors (Lipinski definition) is 1. The van der Waals surface area contributed by atoms with Crippen molar-refractivity contribution in [2.75, 3.05) is 25.3 Å². The molecule has 0 radical (unpaired) electrons. The van der Waals surface area contributed by atoms with Crippen LogP contribution >= 0.6 is 0 Å². The SMILES string of the molecule is C[S-].C[S-].C[S-].NCCC[CH2][Sn+3]. The van der Waals surface area contributed by atoms with Crippen molar-refractivity contribution in [3.8, 4) is 0 Å². The molecule has 0 amide bonds. The first-order valence-electron chi connectivity index (χ1n) is 3.49. The average molecular weight is 332 g/mol. The van der Waals surface area contributed by atoms with Crippen LogP contribution in [-0.2, 0) is 37.9 Å². The number of hydrogen-bond acceptors (Lipinski definition) is 4. The zero-order valence-corrected chi connectivity index (χ0v) is 13.4. The summed E-state index contributed by atoms with van der Waals surface area (Å²) in [5.41, 5.74) is 5.22. The molecular formula is C7H19NS3Sn. The Hall–Kier alpha value is 1.81. The maximum atomic E-state index is 5.22. The van der Waals surface area contributed by atoms with Gasteiger partial charge in [-0.15, -0.1) is 0 Å². The fraction of sp³-hybridized carbons (Fsp3) is 1.00. The molecule has 1 nitrogen and oxygen atoms in total. The minimum absolute atomic E-state index is 0.869. The van der Waals surface area contributed by atoms with Crippen LogP contribution < -0.4 is 5.73 Å². The third-order valence-electron chi connectivity index (χ3n) is 0.631. The molecule has 2 N–H and O–H groups in total. The van der Waals surface area contributed by atoms with E-state index in [1.54, 1.807) is 41.3 Å². The molecule has 0 atom stereocenters. The van der Waals surface area contributed by atoms with Crippen molar-refractivity contribution >= 4 is 60.4 Å². The van der Waals surface area contributed by atoms with Gasteiger partial charge in [0.2, 0.25) is 0 Å². The first kappa shape index (κ1) is 23.5. The topological polar surface area (TPSA) is 26.0 Å². The summed E-state index contributed by atoms with van der Waals surface area (Å²) in [7, 11) is 0. The Kier molecular flexibility index (Phi) is 104. The van der Waals surface area contributed by atoms with Gasteiger partial charge in [0.15, 0.2) is 0 Å². The van der Waals surface area contributed by atoms with Gasteiger partial charge >= 0.3 is 52.1 Å². The molecule has 0 heterocycles. The molecule has 0 rings (SSSR count). The summed E-state index contributed by atoms with van der Waals surface area (Å²) in [6.07, 6.45) is 7.29. The molecule has 74 valence electrons. The number of nitrogens with two attached hydrogens (primary N) is 1. The minimum atomic E-state index is 0.869. The molecule has 0 aromatic heterocycles. The second-order valence-electron chi connectivity index (χ2n) is 1.25. The van der Waals surface area contributed by atoms with E-state index in [1.807, 2.05) is 0 Å². The second-order valence-corrected chi connectivity index (χ2v) is 2.67. The van der Waals surface area contributed by atoms with Crippen LogP contribution in [0.4, 0.5) is 0 Å². The van der Waals surface area contributed by atoms with Crippen molar-refractivity contribution in [3.05, 3.63) is 0 Å². The first-order chi connectivity index (χ1) is 5.91. The fourth-order valence-corrected chi connectivity index (χ4v) is 0.983. The van der Waals surface area contributed by atoms with Crippen molar-refractivity contribution in [1.29, 1.82) is 0 Å².